The zero-order valence-corrected chi connectivity index (χ0v) is 13.4. The molecule has 0 bridgehead atoms. The zero-order valence-electron chi connectivity index (χ0n) is 11.1. The highest BCUT2D eigenvalue weighted by molar-refractivity contribution is 9.10. The maximum absolute atomic E-state index is 14.3. The lowest BCUT2D eigenvalue weighted by molar-refractivity contribution is 0.0779. The Kier molecular flexibility index (Phi) is 5.23. The Morgan fingerprint density at radius 2 is 2.32 bits per heavy atom. The molecule has 19 heavy (non-hydrogen) atoms. The highest BCUT2D eigenvalue weighted by atomic mass is 79.9. The summed E-state index contributed by atoms with van der Waals surface area (Å²) in [4.78, 5) is 0. The van der Waals surface area contributed by atoms with Crippen molar-refractivity contribution in [3.8, 4) is 0 Å². The Morgan fingerprint density at radius 1 is 1.58 bits per heavy atom. The second-order valence-corrected chi connectivity index (χ2v) is 6.03. The monoisotopic (exact) mass is 349 g/mol. The van der Waals surface area contributed by atoms with Crippen molar-refractivity contribution >= 4 is 27.5 Å². The lowest BCUT2D eigenvalue weighted by Crippen LogP contribution is -2.31. The molecular formula is C14H18BrClFNO. The van der Waals surface area contributed by atoms with Crippen LogP contribution in [0.15, 0.2) is 16.6 Å². The maximum atomic E-state index is 14.3. The summed E-state index contributed by atoms with van der Waals surface area (Å²) in [5.74, 6) is -0.0705. The van der Waals surface area contributed by atoms with Gasteiger partial charge in [0, 0.05) is 28.6 Å². The van der Waals surface area contributed by atoms with E-state index < -0.39 is 0 Å². The highest BCUT2D eigenvalue weighted by Gasteiger charge is 2.35. The van der Waals surface area contributed by atoms with Gasteiger partial charge in [0.05, 0.1) is 11.1 Å². The standard InChI is InChI=1S/C14H18BrClFNO/c1-3-11-8(6-7-19-11)14(18-2)9-4-5-10(15)12(16)13(9)17/h4-5,8,11,14,18H,3,6-7H2,1-2H3. The summed E-state index contributed by atoms with van der Waals surface area (Å²) in [7, 11) is 1.85. The van der Waals surface area contributed by atoms with Crippen molar-refractivity contribution in [1.29, 1.82) is 0 Å². The third-order valence-electron chi connectivity index (χ3n) is 3.80. The molecule has 0 aliphatic carbocycles. The van der Waals surface area contributed by atoms with Crippen LogP contribution in [0.25, 0.3) is 0 Å². The molecule has 5 heteroatoms. The minimum Gasteiger partial charge on any atom is -0.378 e. The van der Waals surface area contributed by atoms with E-state index >= 15 is 0 Å². The SMILES string of the molecule is CCC1OCCC1C(NC)c1ccc(Br)c(Cl)c1F. The smallest absolute Gasteiger partial charge is 0.147 e. The fourth-order valence-electron chi connectivity index (χ4n) is 2.85. The summed E-state index contributed by atoms with van der Waals surface area (Å²) in [5.41, 5.74) is 0.615. The van der Waals surface area contributed by atoms with Crippen molar-refractivity contribution in [3.63, 3.8) is 0 Å². The molecule has 3 unspecified atom stereocenters. The number of nitrogens with one attached hydrogen (secondary N) is 1. The van der Waals surface area contributed by atoms with Crippen molar-refractivity contribution in [3.05, 3.63) is 33.0 Å². The maximum Gasteiger partial charge on any atom is 0.147 e. The van der Waals surface area contributed by atoms with Crippen LogP contribution in [0.1, 0.15) is 31.4 Å². The van der Waals surface area contributed by atoms with Crippen LogP contribution in [0.2, 0.25) is 5.02 Å². The number of ether oxygens (including phenoxy) is 1. The quantitative estimate of drug-likeness (QED) is 0.817. The van der Waals surface area contributed by atoms with E-state index in [1.807, 2.05) is 7.05 Å². The lowest BCUT2D eigenvalue weighted by Gasteiger charge is -2.27. The Labute approximate surface area is 126 Å². The molecular weight excluding hydrogens is 333 g/mol. The summed E-state index contributed by atoms with van der Waals surface area (Å²) in [5, 5.41) is 3.36. The lowest BCUT2D eigenvalue weighted by atomic mass is 9.86. The third kappa shape index (κ3) is 2.97. The van der Waals surface area contributed by atoms with Gasteiger partial charge < -0.3 is 10.1 Å². The molecule has 3 atom stereocenters. The van der Waals surface area contributed by atoms with Crippen LogP contribution in [0.3, 0.4) is 0 Å². The number of halogens is 3. The summed E-state index contributed by atoms with van der Waals surface area (Å²) in [6.07, 6.45) is 2.06. The van der Waals surface area contributed by atoms with Gasteiger partial charge in [-0.1, -0.05) is 24.6 Å². The molecule has 1 aromatic carbocycles. The summed E-state index contributed by atoms with van der Waals surface area (Å²) in [6.45, 7) is 2.84. The molecule has 0 amide bonds. The van der Waals surface area contributed by atoms with Gasteiger partial charge in [0.15, 0.2) is 0 Å². The van der Waals surface area contributed by atoms with Gasteiger partial charge in [-0.2, -0.15) is 0 Å². The minimum absolute atomic E-state index is 0.0713. The van der Waals surface area contributed by atoms with Crippen LogP contribution < -0.4 is 5.32 Å². The molecule has 0 saturated carbocycles. The summed E-state index contributed by atoms with van der Waals surface area (Å²) < 4.78 is 20.6. The van der Waals surface area contributed by atoms with Crippen LogP contribution in [-0.4, -0.2) is 19.8 Å². The van der Waals surface area contributed by atoms with Gasteiger partial charge in [0.25, 0.3) is 0 Å². The molecule has 1 aliphatic rings. The van der Waals surface area contributed by atoms with Crippen molar-refractivity contribution < 1.29 is 9.13 Å². The van der Waals surface area contributed by atoms with Crippen LogP contribution in [0.4, 0.5) is 4.39 Å². The molecule has 1 N–H and O–H groups in total. The van der Waals surface area contributed by atoms with E-state index in [2.05, 4.69) is 28.2 Å². The van der Waals surface area contributed by atoms with Gasteiger partial charge in [-0.15, -0.1) is 0 Å². The molecule has 0 radical (unpaired) electrons. The number of benzene rings is 1. The molecule has 2 nitrogen and oxygen atoms in total. The van der Waals surface area contributed by atoms with Crippen LogP contribution >= 0.6 is 27.5 Å². The van der Waals surface area contributed by atoms with Crippen molar-refractivity contribution in [2.45, 2.75) is 31.9 Å². The first-order valence-corrected chi connectivity index (χ1v) is 7.69. The predicted molar refractivity (Wildman–Crippen MR) is 79.0 cm³/mol. The number of hydrogen-bond donors (Lipinski definition) is 1. The van der Waals surface area contributed by atoms with E-state index in [1.165, 1.54) is 0 Å². The van der Waals surface area contributed by atoms with Gasteiger partial charge in [0.2, 0.25) is 0 Å². The Balaban J connectivity index is 2.34. The molecule has 1 fully saturated rings. The van der Waals surface area contributed by atoms with Crippen LogP contribution in [0, 0.1) is 11.7 Å². The molecule has 0 spiro atoms. The normalized spacial score (nSPS) is 24.7. The second-order valence-electron chi connectivity index (χ2n) is 4.80. The predicted octanol–water partition coefficient (Wildman–Crippen LogP) is 4.32. The third-order valence-corrected chi connectivity index (χ3v) is 5.06. The van der Waals surface area contributed by atoms with Crippen LogP contribution in [0.5, 0.6) is 0 Å². The van der Waals surface area contributed by atoms with Gasteiger partial charge in [-0.25, -0.2) is 4.39 Å². The fraction of sp³-hybridized carbons (Fsp3) is 0.571. The fourth-order valence-corrected chi connectivity index (χ4v) is 3.33. The molecule has 2 rings (SSSR count). The molecule has 1 heterocycles. The Morgan fingerprint density at radius 3 is 2.95 bits per heavy atom. The molecule has 0 aromatic heterocycles. The largest absolute Gasteiger partial charge is 0.378 e. The first-order chi connectivity index (χ1) is 9.10. The topological polar surface area (TPSA) is 21.3 Å². The molecule has 1 saturated heterocycles. The van der Waals surface area contributed by atoms with E-state index in [4.69, 9.17) is 16.3 Å². The van der Waals surface area contributed by atoms with Gasteiger partial charge in [-0.05, 0) is 41.9 Å². The zero-order chi connectivity index (χ0) is 14.0. The van der Waals surface area contributed by atoms with Gasteiger partial charge in [-0.3, -0.25) is 0 Å². The van der Waals surface area contributed by atoms with Gasteiger partial charge in [0.1, 0.15) is 5.82 Å². The Hall–Kier alpha value is -0.160. The van der Waals surface area contributed by atoms with E-state index in [9.17, 15) is 4.39 Å². The highest BCUT2D eigenvalue weighted by Crippen LogP contribution is 2.38. The molecule has 1 aromatic rings. The van der Waals surface area contributed by atoms with Crippen molar-refractivity contribution in [2.24, 2.45) is 5.92 Å². The Bertz CT molecular complexity index is 457. The van der Waals surface area contributed by atoms with Crippen molar-refractivity contribution in [1.82, 2.24) is 5.32 Å². The van der Waals surface area contributed by atoms with E-state index in [0.29, 0.717) is 10.0 Å². The summed E-state index contributed by atoms with van der Waals surface area (Å²) >= 11 is 9.22. The molecule has 1 aliphatic heterocycles. The van der Waals surface area contributed by atoms with E-state index in [0.717, 1.165) is 19.4 Å². The van der Waals surface area contributed by atoms with Crippen molar-refractivity contribution in [2.75, 3.05) is 13.7 Å². The molecule has 106 valence electrons. The van der Waals surface area contributed by atoms with E-state index in [1.54, 1.807) is 12.1 Å². The van der Waals surface area contributed by atoms with Gasteiger partial charge >= 0.3 is 0 Å². The number of hydrogen-bond acceptors (Lipinski definition) is 2. The first kappa shape index (κ1) is 15.2. The number of rotatable bonds is 4. The minimum atomic E-state index is -0.350. The summed E-state index contributed by atoms with van der Waals surface area (Å²) in [6, 6.07) is 3.51. The second kappa shape index (κ2) is 6.53. The average Bonchev–Trinajstić information content (AvgIpc) is 2.88. The first-order valence-electron chi connectivity index (χ1n) is 6.52. The van der Waals surface area contributed by atoms with Crippen LogP contribution in [-0.2, 0) is 4.74 Å². The average molecular weight is 351 g/mol. The van der Waals surface area contributed by atoms with E-state index in [-0.39, 0.29) is 28.9 Å².